The van der Waals surface area contributed by atoms with Gasteiger partial charge in [-0.1, -0.05) is 13.3 Å². The van der Waals surface area contributed by atoms with Gasteiger partial charge in [0.2, 0.25) is 0 Å². The van der Waals surface area contributed by atoms with Crippen LogP contribution in [0.15, 0.2) is 11.1 Å². The second kappa shape index (κ2) is 4.36. The van der Waals surface area contributed by atoms with Gasteiger partial charge in [-0.2, -0.15) is 0 Å². The summed E-state index contributed by atoms with van der Waals surface area (Å²) in [5.74, 6) is -0.507. The molecule has 0 aromatic carbocycles. The Morgan fingerprint density at radius 3 is 2.64 bits per heavy atom. The number of hydrogen-bond donors (Lipinski definition) is 1. The maximum Gasteiger partial charge on any atom is 0.334 e. The van der Waals surface area contributed by atoms with E-state index in [2.05, 4.69) is 6.92 Å². The Bertz CT molecular complexity index is 766. The zero-order valence-electron chi connectivity index (χ0n) is 14.8. The minimum absolute atomic E-state index is 0.0214. The number of Topliss-reactive ketones (excluding diaryl/α,β-unsaturated/α-hetero) is 1. The molecule has 1 heterocycles. The summed E-state index contributed by atoms with van der Waals surface area (Å²) < 4.78 is 5.10. The number of carboxylic acids is 1. The van der Waals surface area contributed by atoms with Crippen LogP contribution in [-0.4, -0.2) is 29.4 Å². The fraction of sp³-hybridized carbons (Fsp3) is 0.750. The van der Waals surface area contributed by atoms with Crippen LogP contribution < -0.4 is 0 Å². The lowest BCUT2D eigenvalue weighted by molar-refractivity contribution is -0.161. The second-order valence-corrected chi connectivity index (χ2v) is 9.30. The molecule has 0 aromatic rings. The summed E-state index contributed by atoms with van der Waals surface area (Å²) in [7, 11) is 0. The smallest absolute Gasteiger partial charge is 0.334 e. The van der Waals surface area contributed by atoms with E-state index in [1.807, 2.05) is 6.92 Å². The van der Waals surface area contributed by atoms with Crippen LogP contribution in [0.25, 0.3) is 0 Å². The van der Waals surface area contributed by atoms with Crippen molar-refractivity contribution in [2.75, 3.05) is 6.61 Å². The molecule has 0 radical (unpaired) electrons. The summed E-state index contributed by atoms with van der Waals surface area (Å²) in [6.07, 6.45) is 4.90. The average molecular weight is 344 g/mol. The van der Waals surface area contributed by atoms with Gasteiger partial charge in [0.15, 0.2) is 5.78 Å². The van der Waals surface area contributed by atoms with E-state index in [0.29, 0.717) is 17.6 Å². The zero-order chi connectivity index (χ0) is 17.8. The Morgan fingerprint density at radius 1 is 1.16 bits per heavy atom. The van der Waals surface area contributed by atoms with Crippen molar-refractivity contribution >= 4 is 17.7 Å². The van der Waals surface area contributed by atoms with Gasteiger partial charge < -0.3 is 9.84 Å². The number of fused-ring (bicyclic) bond motifs is 2. The van der Waals surface area contributed by atoms with Crippen LogP contribution in [0.2, 0.25) is 0 Å². The molecule has 134 valence electrons. The number of ketones is 1. The molecule has 0 amide bonds. The van der Waals surface area contributed by atoms with E-state index < -0.39 is 11.4 Å². The Labute approximate surface area is 146 Å². The molecule has 1 aliphatic heterocycles. The lowest BCUT2D eigenvalue weighted by Crippen LogP contribution is -2.50. The number of carbonyl (C=O) groups is 3. The summed E-state index contributed by atoms with van der Waals surface area (Å²) in [5, 5.41) is 9.89. The number of esters is 1. The molecular formula is C20H24O5. The largest absolute Gasteiger partial charge is 0.481 e. The van der Waals surface area contributed by atoms with Gasteiger partial charge in [-0.15, -0.1) is 0 Å². The third kappa shape index (κ3) is 1.51. The Hall–Kier alpha value is -1.65. The number of carboxylic acid groups (broad SMARTS) is 1. The minimum atomic E-state index is -0.693. The molecule has 0 saturated heterocycles. The van der Waals surface area contributed by atoms with Gasteiger partial charge in [0, 0.05) is 17.1 Å². The van der Waals surface area contributed by atoms with Gasteiger partial charge in [-0.05, 0) is 61.7 Å². The van der Waals surface area contributed by atoms with Crippen LogP contribution in [0, 0.1) is 34.0 Å². The molecule has 6 atom stereocenters. The van der Waals surface area contributed by atoms with Crippen molar-refractivity contribution in [3.8, 4) is 0 Å². The maximum atomic E-state index is 13.1. The van der Waals surface area contributed by atoms with Crippen LogP contribution in [-0.2, 0) is 19.1 Å². The molecule has 4 aliphatic carbocycles. The van der Waals surface area contributed by atoms with Gasteiger partial charge in [-0.25, -0.2) is 4.79 Å². The van der Waals surface area contributed by atoms with E-state index in [1.54, 1.807) is 0 Å². The first-order valence-corrected chi connectivity index (χ1v) is 9.44. The first kappa shape index (κ1) is 15.6. The monoisotopic (exact) mass is 344 g/mol. The van der Waals surface area contributed by atoms with Crippen molar-refractivity contribution in [3.63, 3.8) is 0 Å². The molecule has 3 fully saturated rings. The number of carbonyl (C=O) groups excluding carboxylic acids is 2. The number of ether oxygens (including phenoxy) is 1. The topological polar surface area (TPSA) is 80.7 Å². The summed E-state index contributed by atoms with van der Waals surface area (Å²) in [4.78, 5) is 37.1. The predicted octanol–water partition coefficient (Wildman–Crippen LogP) is 2.74. The van der Waals surface area contributed by atoms with Crippen molar-refractivity contribution in [2.24, 2.45) is 34.0 Å². The maximum absolute atomic E-state index is 13.1. The molecule has 5 rings (SSSR count). The van der Waals surface area contributed by atoms with Gasteiger partial charge >= 0.3 is 11.9 Å². The fourth-order valence-corrected chi connectivity index (χ4v) is 7.58. The highest BCUT2D eigenvalue weighted by molar-refractivity contribution is 6.09. The first-order chi connectivity index (χ1) is 11.8. The van der Waals surface area contributed by atoms with Crippen LogP contribution in [0.3, 0.4) is 0 Å². The predicted molar refractivity (Wildman–Crippen MR) is 87.4 cm³/mol. The highest BCUT2D eigenvalue weighted by Crippen LogP contribution is 2.84. The quantitative estimate of drug-likeness (QED) is 0.740. The normalized spacial score (nSPS) is 50.4. The molecule has 1 spiro atoms. The van der Waals surface area contributed by atoms with Crippen LogP contribution in [0.1, 0.15) is 52.4 Å². The van der Waals surface area contributed by atoms with Gasteiger partial charge in [0.05, 0.1) is 5.41 Å². The lowest BCUT2D eigenvalue weighted by atomic mass is 9.51. The van der Waals surface area contributed by atoms with Crippen LogP contribution in [0.5, 0.6) is 0 Å². The van der Waals surface area contributed by atoms with E-state index in [0.717, 1.165) is 32.1 Å². The summed E-state index contributed by atoms with van der Waals surface area (Å²) in [6.45, 7) is 4.28. The van der Waals surface area contributed by atoms with E-state index >= 15 is 0 Å². The minimum Gasteiger partial charge on any atom is -0.481 e. The molecule has 6 unspecified atom stereocenters. The molecule has 0 aromatic heterocycles. The third-order valence-electron chi connectivity index (χ3n) is 8.81. The van der Waals surface area contributed by atoms with Crippen LogP contribution >= 0.6 is 0 Å². The Balaban J connectivity index is 1.56. The number of aliphatic carboxylic acids is 1. The summed E-state index contributed by atoms with van der Waals surface area (Å²) in [6, 6.07) is 0. The SMILES string of the molecule is CC1(C(=O)O)CCCC2(C)C1CC1C3C(=O)C4=C(CCC132)C(=O)OC4. The third-order valence-corrected chi connectivity index (χ3v) is 8.81. The molecule has 1 N–H and O–H groups in total. The fourth-order valence-electron chi connectivity index (χ4n) is 7.58. The Morgan fingerprint density at radius 2 is 1.92 bits per heavy atom. The first-order valence-electron chi connectivity index (χ1n) is 9.44. The number of rotatable bonds is 1. The molecule has 5 aliphatic rings. The standard InChI is InChI=1S/C20H24O5/c1-18(17(23)24)5-3-6-19(2)13(18)8-12-14-15(21)11-9-25-16(22)10(11)4-7-20(12,14)19/h12-14H,3-9H2,1-2H3,(H,23,24). The molecule has 5 nitrogen and oxygen atoms in total. The Kier molecular flexibility index (Phi) is 2.72. The summed E-state index contributed by atoms with van der Waals surface area (Å²) >= 11 is 0. The van der Waals surface area contributed by atoms with Gasteiger partial charge in [0.25, 0.3) is 0 Å². The van der Waals surface area contributed by atoms with Gasteiger partial charge in [0.1, 0.15) is 6.61 Å². The molecule has 3 saturated carbocycles. The lowest BCUT2D eigenvalue weighted by Gasteiger charge is -2.52. The average Bonchev–Trinajstić information content (AvgIpc) is 2.99. The second-order valence-electron chi connectivity index (χ2n) is 9.30. The van der Waals surface area contributed by atoms with Gasteiger partial charge in [-0.3, -0.25) is 9.59 Å². The molecule has 0 bridgehead atoms. The van der Waals surface area contributed by atoms with Crippen molar-refractivity contribution < 1.29 is 24.2 Å². The number of cyclic esters (lactones) is 1. The zero-order valence-corrected chi connectivity index (χ0v) is 14.8. The molecule has 25 heavy (non-hydrogen) atoms. The van der Waals surface area contributed by atoms with E-state index in [9.17, 15) is 19.5 Å². The highest BCUT2D eigenvalue weighted by Gasteiger charge is 2.82. The molecule has 5 heteroatoms. The van der Waals surface area contributed by atoms with Crippen LogP contribution in [0.4, 0.5) is 0 Å². The molecular weight excluding hydrogens is 320 g/mol. The van der Waals surface area contributed by atoms with E-state index in [-0.39, 0.29) is 46.9 Å². The van der Waals surface area contributed by atoms with Crippen molar-refractivity contribution in [2.45, 2.75) is 52.4 Å². The van der Waals surface area contributed by atoms with E-state index in [1.165, 1.54) is 0 Å². The van der Waals surface area contributed by atoms with Crippen molar-refractivity contribution in [3.05, 3.63) is 11.1 Å². The van der Waals surface area contributed by atoms with Crippen molar-refractivity contribution in [1.29, 1.82) is 0 Å². The number of hydrogen-bond acceptors (Lipinski definition) is 4. The van der Waals surface area contributed by atoms with Crippen molar-refractivity contribution in [1.82, 2.24) is 0 Å². The van der Waals surface area contributed by atoms with E-state index in [4.69, 9.17) is 4.74 Å². The summed E-state index contributed by atoms with van der Waals surface area (Å²) in [5.41, 5.74) is 0.292. The highest BCUT2D eigenvalue weighted by atomic mass is 16.5.